The van der Waals surface area contributed by atoms with Crippen molar-refractivity contribution in [2.75, 3.05) is 13.6 Å². The molecule has 27 heavy (non-hydrogen) atoms. The molecule has 1 aliphatic heterocycles. The fourth-order valence-corrected chi connectivity index (χ4v) is 3.88. The maximum atomic E-state index is 13.1. The summed E-state index contributed by atoms with van der Waals surface area (Å²) in [5.74, 6) is 0.743. The molecule has 1 aromatic heterocycles. The minimum Gasteiger partial charge on any atom is -0.464 e. The molecular formula is C20H21N3O4. The van der Waals surface area contributed by atoms with Crippen molar-refractivity contribution in [1.82, 2.24) is 15.1 Å². The Bertz CT molecular complexity index is 935. The standard InChI is InChI=1S/C20H21N3O4/c1-13-7-8-15(27-13)11-22(2)17(24)12-23-18(25)20(21-19(23)26)10-9-14-5-3-4-6-16(14)20/h3-8H,9-12H2,1-2H3,(H,21,26)/t20-/m1/s1. The zero-order valence-electron chi connectivity index (χ0n) is 15.3. The Morgan fingerprint density at radius 2 is 2.04 bits per heavy atom. The van der Waals surface area contributed by atoms with E-state index in [2.05, 4.69) is 5.32 Å². The largest absolute Gasteiger partial charge is 0.464 e. The number of urea groups is 1. The average molecular weight is 367 g/mol. The maximum absolute atomic E-state index is 13.1. The van der Waals surface area contributed by atoms with Crippen LogP contribution in [-0.2, 0) is 28.1 Å². The van der Waals surface area contributed by atoms with Crippen LogP contribution in [0.25, 0.3) is 0 Å². The number of amides is 4. The van der Waals surface area contributed by atoms with Crippen molar-refractivity contribution in [3.63, 3.8) is 0 Å². The van der Waals surface area contributed by atoms with Gasteiger partial charge in [-0.2, -0.15) is 0 Å². The molecule has 2 aromatic rings. The number of nitrogens with zero attached hydrogens (tertiary/aromatic N) is 2. The number of imide groups is 1. The van der Waals surface area contributed by atoms with E-state index in [0.29, 0.717) is 12.2 Å². The average Bonchev–Trinajstić information content (AvgIpc) is 3.29. The van der Waals surface area contributed by atoms with Gasteiger partial charge in [0, 0.05) is 7.05 Å². The second-order valence-corrected chi connectivity index (χ2v) is 7.15. The predicted molar refractivity (Wildman–Crippen MR) is 96.6 cm³/mol. The number of carbonyl (C=O) groups excluding carboxylic acids is 3. The molecule has 1 aliphatic carbocycles. The predicted octanol–water partition coefficient (Wildman–Crippen LogP) is 1.94. The van der Waals surface area contributed by atoms with E-state index < -0.39 is 11.6 Å². The van der Waals surface area contributed by atoms with Gasteiger partial charge in [0.25, 0.3) is 5.91 Å². The fourth-order valence-electron chi connectivity index (χ4n) is 3.88. The summed E-state index contributed by atoms with van der Waals surface area (Å²) >= 11 is 0. The number of likely N-dealkylation sites (N-methyl/N-ethyl adjacent to an activating group) is 1. The van der Waals surface area contributed by atoms with Crippen molar-refractivity contribution in [3.8, 4) is 0 Å². The minimum atomic E-state index is -1.04. The molecule has 2 aliphatic rings. The summed E-state index contributed by atoms with van der Waals surface area (Å²) in [6, 6.07) is 10.7. The molecule has 0 bridgehead atoms. The van der Waals surface area contributed by atoms with E-state index in [4.69, 9.17) is 4.42 Å². The van der Waals surface area contributed by atoms with Gasteiger partial charge in [0.05, 0.1) is 6.54 Å². The third kappa shape index (κ3) is 2.79. The lowest BCUT2D eigenvalue weighted by Gasteiger charge is -2.23. The van der Waals surface area contributed by atoms with Gasteiger partial charge in [0.15, 0.2) is 0 Å². The Morgan fingerprint density at radius 1 is 1.26 bits per heavy atom. The molecule has 2 heterocycles. The van der Waals surface area contributed by atoms with Gasteiger partial charge in [-0.25, -0.2) is 4.79 Å². The van der Waals surface area contributed by atoms with Crippen LogP contribution in [0.1, 0.15) is 29.1 Å². The van der Waals surface area contributed by atoms with Crippen LogP contribution in [0.4, 0.5) is 4.79 Å². The first kappa shape index (κ1) is 17.3. The lowest BCUT2D eigenvalue weighted by Crippen LogP contribution is -2.44. The summed E-state index contributed by atoms with van der Waals surface area (Å²) in [5.41, 5.74) is 0.854. The smallest absolute Gasteiger partial charge is 0.325 e. The number of hydrogen-bond donors (Lipinski definition) is 1. The first-order valence-corrected chi connectivity index (χ1v) is 8.92. The van der Waals surface area contributed by atoms with Crippen LogP contribution in [0, 0.1) is 6.92 Å². The van der Waals surface area contributed by atoms with Crippen molar-refractivity contribution in [3.05, 3.63) is 59.0 Å². The molecule has 0 saturated carbocycles. The van der Waals surface area contributed by atoms with Gasteiger partial charge >= 0.3 is 6.03 Å². The molecule has 1 atom stereocenters. The highest BCUT2D eigenvalue weighted by Crippen LogP contribution is 2.41. The molecule has 1 saturated heterocycles. The number of benzene rings is 1. The number of nitrogens with one attached hydrogen (secondary N) is 1. The van der Waals surface area contributed by atoms with Gasteiger partial charge < -0.3 is 14.6 Å². The third-order valence-electron chi connectivity index (χ3n) is 5.33. The first-order chi connectivity index (χ1) is 12.9. The normalized spacial score (nSPS) is 20.9. The van der Waals surface area contributed by atoms with E-state index >= 15 is 0 Å². The highest BCUT2D eigenvalue weighted by molar-refractivity contribution is 6.09. The summed E-state index contributed by atoms with van der Waals surface area (Å²) in [5, 5.41) is 2.83. The molecular weight excluding hydrogens is 346 g/mol. The van der Waals surface area contributed by atoms with Crippen molar-refractivity contribution < 1.29 is 18.8 Å². The Hall–Kier alpha value is -3.09. The molecule has 4 amide bonds. The van der Waals surface area contributed by atoms with Crippen molar-refractivity contribution >= 4 is 17.8 Å². The van der Waals surface area contributed by atoms with Crippen molar-refractivity contribution in [1.29, 1.82) is 0 Å². The molecule has 0 radical (unpaired) electrons. The monoisotopic (exact) mass is 367 g/mol. The van der Waals surface area contributed by atoms with Crippen LogP contribution in [0.2, 0.25) is 0 Å². The summed E-state index contributed by atoms with van der Waals surface area (Å²) in [4.78, 5) is 40.6. The van der Waals surface area contributed by atoms with E-state index in [0.717, 1.165) is 28.2 Å². The fraction of sp³-hybridized carbons (Fsp3) is 0.350. The Labute approximate surface area is 156 Å². The van der Waals surface area contributed by atoms with E-state index in [1.807, 2.05) is 37.3 Å². The van der Waals surface area contributed by atoms with E-state index in [1.54, 1.807) is 13.1 Å². The maximum Gasteiger partial charge on any atom is 0.325 e. The van der Waals surface area contributed by atoms with Gasteiger partial charge in [0.2, 0.25) is 5.91 Å². The number of rotatable bonds is 4. The van der Waals surface area contributed by atoms with E-state index in [9.17, 15) is 14.4 Å². The molecule has 1 N–H and O–H groups in total. The van der Waals surface area contributed by atoms with Gasteiger partial charge in [-0.05, 0) is 43.0 Å². The van der Waals surface area contributed by atoms with Crippen molar-refractivity contribution in [2.45, 2.75) is 31.8 Å². The van der Waals surface area contributed by atoms with Crippen LogP contribution in [-0.4, -0.2) is 41.2 Å². The number of carbonyl (C=O) groups is 3. The molecule has 0 unspecified atom stereocenters. The summed E-state index contributed by atoms with van der Waals surface area (Å²) < 4.78 is 5.48. The number of hydrogen-bond acceptors (Lipinski definition) is 4. The molecule has 1 fully saturated rings. The zero-order valence-corrected chi connectivity index (χ0v) is 15.3. The molecule has 1 spiro atoms. The summed E-state index contributed by atoms with van der Waals surface area (Å²) in [7, 11) is 1.62. The highest BCUT2D eigenvalue weighted by atomic mass is 16.3. The van der Waals surface area contributed by atoms with Gasteiger partial charge in [-0.1, -0.05) is 24.3 Å². The van der Waals surface area contributed by atoms with Crippen LogP contribution in [0.15, 0.2) is 40.8 Å². The highest BCUT2D eigenvalue weighted by Gasteiger charge is 2.55. The topological polar surface area (TPSA) is 82.9 Å². The van der Waals surface area contributed by atoms with Crippen LogP contribution >= 0.6 is 0 Å². The Kier molecular flexibility index (Phi) is 4.02. The number of furan rings is 1. The lowest BCUT2D eigenvalue weighted by molar-refractivity contribution is -0.138. The molecule has 4 rings (SSSR count). The van der Waals surface area contributed by atoms with Gasteiger partial charge in [-0.15, -0.1) is 0 Å². The quantitative estimate of drug-likeness (QED) is 0.837. The second-order valence-electron chi connectivity index (χ2n) is 7.15. The van der Waals surface area contributed by atoms with Crippen molar-refractivity contribution in [2.24, 2.45) is 0 Å². The van der Waals surface area contributed by atoms with Crippen LogP contribution in [0.5, 0.6) is 0 Å². The second kappa shape index (κ2) is 6.26. The van der Waals surface area contributed by atoms with Crippen LogP contribution < -0.4 is 5.32 Å². The van der Waals surface area contributed by atoms with Gasteiger partial charge in [-0.3, -0.25) is 14.5 Å². The molecule has 1 aromatic carbocycles. The summed E-state index contributed by atoms with van der Waals surface area (Å²) in [6.45, 7) is 1.83. The molecule has 7 nitrogen and oxygen atoms in total. The third-order valence-corrected chi connectivity index (χ3v) is 5.33. The minimum absolute atomic E-state index is 0.282. The van der Waals surface area contributed by atoms with Gasteiger partial charge in [0.1, 0.15) is 23.6 Å². The Morgan fingerprint density at radius 3 is 2.78 bits per heavy atom. The number of aryl methyl sites for hydroxylation is 2. The molecule has 7 heteroatoms. The van der Waals surface area contributed by atoms with E-state index in [-0.39, 0.29) is 24.9 Å². The zero-order chi connectivity index (χ0) is 19.2. The SMILES string of the molecule is Cc1ccc(CN(C)C(=O)CN2C(=O)N[C@@]3(CCc4ccccc43)C2=O)o1. The molecule has 140 valence electrons. The first-order valence-electron chi connectivity index (χ1n) is 8.92. The lowest BCUT2D eigenvalue weighted by atomic mass is 9.92. The van der Waals surface area contributed by atoms with E-state index in [1.165, 1.54) is 4.90 Å². The van der Waals surface area contributed by atoms with Crippen LogP contribution in [0.3, 0.4) is 0 Å². The number of fused-ring (bicyclic) bond motifs is 2. The summed E-state index contributed by atoms with van der Waals surface area (Å²) in [6.07, 6.45) is 1.24. The Balaban J connectivity index is 1.49.